The number of rotatable bonds is 7. The summed E-state index contributed by atoms with van der Waals surface area (Å²) in [6.45, 7) is 0. The van der Waals surface area contributed by atoms with Gasteiger partial charge in [-0.05, 0) is 72.3 Å². The minimum Gasteiger partial charge on any atom is -0.208 e. The van der Waals surface area contributed by atoms with E-state index in [4.69, 9.17) is 15.0 Å². The molecule has 10 rings (SSSR count). The molecule has 4 heteroatoms. The van der Waals surface area contributed by atoms with Gasteiger partial charge in [-0.2, -0.15) is 0 Å². The van der Waals surface area contributed by atoms with Crippen molar-refractivity contribution in [1.29, 1.82) is 0 Å². The SMILES string of the molecule is c1ccc(-c2ccc(-c3nc(-c4ccccc4)nc(-c4ccc5c(c4)-c4ccccc4[Si]5(c4ccccc4)c4ccccc4)n3)c(-c3ccccc3)c2)cc1. The molecule has 0 saturated heterocycles. The van der Waals surface area contributed by atoms with Crippen molar-refractivity contribution in [3.8, 4) is 67.5 Å². The van der Waals surface area contributed by atoms with Crippen LogP contribution >= 0.6 is 0 Å². The highest BCUT2D eigenvalue weighted by molar-refractivity contribution is 7.22. The van der Waals surface area contributed by atoms with Crippen molar-refractivity contribution in [2.24, 2.45) is 0 Å². The van der Waals surface area contributed by atoms with Gasteiger partial charge in [0.05, 0.1) is 0 Å². The average molecular weight is 718 g/mol. The monoisotopic (exact) mass is 717 g/mol. The lowest BCUT2D eigenvalue weighted by Crippen LogP contribution is -2.72. The van der Waals surface area contributed by atoms with E-state index in [1.54, 1.807) is 0 Å². The van der Waals surface area contributed by atoms with Crippen LogP contribution in [0.1, 0.15) is 0 Å². The second-order valence-corrected chi connectivity index (χ2v) is 17.7. The van der Waals surface area contributed by atoms with Gasteiger partial charge in [-0.3, -0.25) is 0 Å². The zero-order chi connectivity index (χ0) is 36.6. The first-order valence-electron chi connectivity index (χ1n) is 18.7. The molecule has 0 fully saturated rings. The van der Waals surface area contributed by atoms with E-state index in [0.717, 1.165) is 38.9 Å². The number of nitrogens with zero attached hydrogens (tertiary/aromatic N) is 3. The molecule has 0 atom stereocenters. The van der Waals surface area contributed by atoms with Gasteiger partial charge in [-0.25, -0.2) is 15.0 Å². The van der Waals surface area contributed by atoms with E-state index in [1.165, 1.54) is 31.9 Å². The summed E-state index contributed by atoms with van der Waals surface area (Å²) in [5, 5.41) is 5.55. The Hall–Kier alpha value is -7.01. The van der Waals surface area contributed by atoms with Crippen LogP contribution in [-0.4, -0.2) is 23.0 Å². The summed E-state index contributed by atoms with van der Waals surface area (Å²) >= 11 is 0. The van der Waals surface area contributed by atoms with Gasteiger partial charge in [-0.15, -0.1) is 0 Å². The summed E-state index contributed by atoms with van der Waals surface area (Å²) in [6, 6.07) is 75.9. The smallest absolute Gasteiger partial charge is 0.180 e. The third kappa shape index (κ3) is 5.63. The molecule has 258 valence electrons. The largest absolute Gasteiger partial charge is 0.208 e. The van der Waals surface area contributed by atoms with Crippen LogP contribution in [0.3, 0.4) is 0 Å². The van der Waals surface area contributed by atoms with Gasteiger partial charge >= 0.3 is 0 Å². The predicted octanol–water partition coefficient (Wildman–Crippen LogP) is 9.56. The molecule has 0 saturated carbocycles. The number of hydrogen-bond donors (Lipinski definition) is 0. The van der Waals surface area contributed by atoms with E-state index in [-0.39, 0.29) is 0 Å². The van der Waals surface area contributed by atoms with E-state index in [1.807, 2.05) is 18.2 Å². The van der Waals surface area contributed by atoms with Crippen LogP contribution < -0.4 is 20.7 Å². The van der Waals surface area contributed by atoms with Crippen LogP contribution in [0, 0.1) is 0 Å². The normalized spacial score (nSPS) is 12.5. The molecule has 1 aliphatic heterocycles. The Kier molecular flexibility index (Phi) is 8.16. The second-order valence-electron chi connectivity index (χ2n) is 14.0. The molecule has 0 aliphatic carbocycles. The lowest BCUT2D eigenvalue weighted by Gasteiger charge is -2.31. The van der Waals surface area contributed by atoms with Crippen molar-refractivity contribution in [1.82, 2.24) is 15.0 Å². The second kappa shape index (κ2) is 13.8. The van der Waals surface area contributed by atoms with Crippen LogP contribution in [0.4, 0.5) is 0 Å². The first kappa shape index (κ1) is 32.6. The molecule has 2 heterocycles. The number of benzene rings is 8. The Bertz CT molecular complexity index is 2750. The molecule has 0 bridgehead atoms. The molecule has 0 radical (unpaired) electrons. The molecular formula is C51H35N3Si. The Balaban J connectivity index is 1.20. The number of aromatic nitrogens is 3. The first-order chi connectivity index (χ1) is 27.3. The van der Waals surface area contributed by atoms with Gasteiger partial charge in [0.15, 0.2) is 25.5 Å². The summed E-state index contributed by atoms with van der Waals surface area (Å²) in [4.78, 5) is 15.7. The average Bonchev–Trinajstić information content (AvgIpc) is 3.58. The molecule has 1 aliphatic rings. The zero-order valence-corrected chi connectivity index (χ0v) is 31.0. The molecule has 0 amide bonds. The van der Waals surface area contributed by atoms with Crippen LogP contribution in [0.25, 0.3) is 67.5 Å². The Morgan fingerprint density at radius 1 is 0.255 bits per heavy atom. The van der Waals surface area contributed by atoms with Crippen molar-refractivity contribution in [2.75, 3.05) is 0 Å². The molecular weight excluding hydrogens is 683 g/mol. The maximum atomic E-state index is 5.31. The third-order valence-electron chi connectivity index (χ3n) is 10.8. The fourth-order valence-electron chi connectivity index (χ4n) is 8.34. The predicted molar refractivity (Wildman–Crippen MR) is 230 cm³/mol. The van der Waals surface area contributed by atoms with E-state index in [9.17, 15) is 0 Å². The van der Waals surface area contributed by atoms with Crippen molar-refractivity contribution in [3.05, 3.63) is 212 Å². The van der Waals surface area contributed by atoms with Crippen LogP contribution in [0.15, 0.2) is 212 Å². The van der Waals surface area contributed by atoms with Gasteiger partial charge in [0, 0.05) is 16.7 Å². The quantitative estimate of drug-likeness (QED) is 0.154. The topological polar surface area (TPSA) is 38.7 Å². The maximum Gasteiger partial charge on any atom is 0.180 e. The Labute approximate surface area is 322 Å². The van der Waals surface area contributed by atoms with E-state index in [0.29, 0.717) is 17.5 Å². The van der Waals surface area contributed by atoms with Crippen molar-refractivity contribution in [3.63, 3.8) is 0 Å². The van der Waals surface area contributed by atoms with Gasteiger partial charge in [0.1, 0.15) is 0 Å². The molecule has 8 aromatic carbocycles. The van der Waals surface area contributed by atoms with Gasteiger partial charge in [0.25, 0.3) is 0 Å². The zero-order valence-electron chi connectivity index (χ0n) is 30.0. The van der Waals surface area contributed by atoms with E-state index >= 15 is 0 Å². The molecule has 0 N–H and O–H groups in total. The molecule has 1 aromatic heterocycles. The van der Waals surface area contributed by atoms with Gasteiger partial charge in [0.2, 0.25) is 0 Å². The van der Waals surface area contributed by atoms with E-state index in [2.05, 4.69) is 194 Å². The van der Waals surface area contributed by atoms with Crippen LogP contribution in [0.5, 0.6) is 0 Å². The van der Waals surface area contributed by atoms with Crippen molar-refractivity contribution < 1.29 is 0 Å². The molecule has 3 nitrogen and oxygen atoms in total. The van der Waals surface area contributed by atoms with Crippen LogP contribution in [0.2, 0.25) is 0 Å². The first-order valence-corrected chi connectivity index (χ1v) is 20.7. The summed E-state index contributed by atoms with van der Waals surface area (Å²) in [7, 11) is -2.61. The van der Waals surface area contributed by atoms with E-state index < -0.39 is 8.07 Å². The van der Waals surface area contributed by atoms with Gasteiger partial charge in [-0.1, -0.05) is 194 Å². The summed E-state index contributed by atoms with van der Waals surface area (Å²) in [5.41, 5.74) is 9.87. The minimum atomic E-state index is -2.61. The highest BCUT2D eigenvalue weighted by Crippen LogP contribution is 2.37. The van der Waals surface area contributed by atoms with Crippen LogP contribution in [-0.2, 0) is 0 Å². The van der Waals surface area contributed by atoms with Crippen molar-refractivity contribution >= 4 is 28.8 Å². The molecule has 0 spiro atoms. The maximum absolute atomic E-state index is 5.31. The standard InChI is InChI=1S/C51H35N3Si/c1-6-18-36(19-7-1)39-30-32-44(45(34-39)37-20-8-2-9-21-37)51-53-49(38-22-10-3-11-23-38)52-50(54-51)40-31-33-48-46(35-40)43-28-16-17-29-47(43)55(48,41-24-12-4-13-25-41)42-26-14-5-15-27-42/h1-35H. The lowest BCUT2D eigenvalue weighted by atomic mass is 9.94. The number of hydrogen-bond acceptors (Lipinski definition) is 3. The minimum absolute atomic E-state index is 0.639. The fraction of sp³-hybridized carbons (Fsp3) is 0. The molecule has 0 unspecified atom stereocenters. The van der Waals surface area contributed by atoms with Gasteiger partial charge < -0.3 is 0 Å². The number of fused-ring (bicyclic) bond motifs is 3. The fourth-order valence-corrected chi connectivity index (χ4v) is 13.5. The summed E-state index contributed by atoms with van der Waals surface area (Å²) in [5.74, 6) is 1.93. The Morgan fingerprint density at radius 2 is 0.709 bits per heavy atom. The van der Waals surface area contributed by atoms with Crippen molar-refractivity contribution in [2.45, 2.75) is 0 Å². The summed E-state index contributed by atoms with van der Waals surface area (Å²) in [6.07, 6.45) is 0. The highest BCUT2D eigenvalue weighted by Gasteiger charge is 2.48. The molecule has 9 aromatic rings. The third-order valence-corrected chi connectivity index (χ3v) is 15.7. The summed E-state index contributed by atoms with van der Waals surface area (Å²) < 4.78 is 0. The Morgan fingerprint density at radius 3 is 1.35 bits per heavy atom. The highest BCUT2D eigenvalue weighted by atomic mass is 28.3. The lowest BCUT2D eigenvalue weighted by molar-refractivity contribution is 1.07. The molecule has 55 heavy (non-hydrogen) atoms.